The highest BCUT2D eigenvalue weighted by molar-refractivity contribution is 7.18. The molecule has 11 heavy (non-hydrogen) atoms. The van der Waals surface area contributed by atoms with Gasteiger partial charge in [0.15, 0.2) is 0 Å². The van der Waals surface area contributed by atoms with Crippen LogP contribution in [0.3, 0.4) is 0 Å². The monoisotopic (exact) mass is 166 g/mol. The zero-order valence-corrected chi connectivity index (χ0v) is 6.73. The van der Waals surface area contributed by atoms with Crippen LogP contribution in [-0.2, 0) is 0 Å². The molecule has 0 aliphatic heterocycles. The molecule has 0 bridgehead atoms. The number of aromatic amines is 1. The molecule has 0 saturated heterocycles. The highest BCUT2D eigenvalue weighted by atomic mass is 32.1. The van der Waals surface area contributed by atoms with Gasteiger partial charge in [0.1, 0.15) is 10.3 Å². The summed E-state index contributed by atoms with van der Waals surface area (Å²) in [5, 5.41) is 0.916. The molecule has 0 aliphatic carbocycles. The Bertz CT molecular complexity index is 443. The van der Waals surface area contributed by atoms with Crippen LogP contribution >= 0.6 is 11.3 Å². The Morgan fingerprint density at radius 3 is 3.18 bits per heavy atom. The van der Waals surface area contributed by atoms with E-state index in [2.05, 4.69) is 9.97 Å². The summed E-state index contributed by atoms with van der Waals surface area (Å²) < 4.78 is 0. The van der Waals surface area contributed by atoms with Gasteiger partial charge in [-0.05, 0) is 6.92 Å². The molecule has 0 radical (unpaired) electrons. The summed E-state index contributed by atoms with van der Waals surface area (Å²) in [6.45, 7) is 1.89. The van der Waals surface area contributed by atoms with E-state index in [0.29, 0.717) is 5.52 Å². The van der Waals surface area contributed by atoms with Crippen molar-refractivity contribution in [3.05, 3.63) is 27.5 Å². The lowest BCUT2D eigenvalue weighted by molar-refractivity contribution is 1.31. The van der Waals surface area contributed by atoms with Gasteiger partial charge in [0, 0.05) is 12.3 Å². The first kappa shape index (κ1) is 6.54. The van der Waals surface area contributed by atoms with Gasteiger partial charge in [-0.15, -0.1) is 11.3 Å². The molecule has 0 unspecified atom stereocenters. The summed E-state index contributed by atoms with van der Waals surface area (Å²) in [6.07, 6.45) is 1.64. The van der Waals surface area contributed by atoms with E-state index in [1.807, 2.05) is 6.92 Å². The van der Waals surface area contributed by atoms with Crippen molar-refractivity contribution < 1.29 is 0 Å². The van der Waals surface area contributed by atoms with Gasteiger partial charge in [-0.3, -0.25) is 4.79 Å². The molecule has 0 fully saturated rings. The minimum atomic E-state index is -0.0110. The number of aryl methyl sites for hydroxylation is 1. The topological polar surface area (TPSA) is 45.8 Å². The van der Waals surface area contributed by atoms with E-state index in [1.165, 1.54) is 17.4 Å². The van der Waals surface area contributed by atoms with Gasteiger partial charge in [-0.2, -0.15) is 0 Å². The van der Waals surface area contributed by atoms with Gasteiger partial charge in [-0.25, -0.2) is 4.98 Å². The lowest BCUT2D eigenvalue weighted by Crippen LogP contribution is -1.98. The quantitative estimate of drug-likeness (QED) is 0.641. The number of rotatable bonds is 0. The minimum Gasteiger partial charge on any atom is -0.351 e. The summed E-state index contributed by atoms with van der Waals surface area (Å²) in [7, 11) is 0. The Balaban J connectivity index is 3.02. The Morgan fingerprint density at radius 1 is 1.64 bits per heavy atom. The van der Waals surface area contributed by atoms with Crippen molar-refractivity contribution in [1.29, 1.82) is 0 Å². The fraction of sp³-hybridized carbons (Fsp3) is 0.143. The third-order valence-corrected chi connectivity index (χ3v) is 2.32. The van der Waals surface area contributed by atoms with Crippen molar-refractivity contribution in [1.82, 2.24) is 9.97 Å². The molecule has 0 aliphatic rings. The van der Waals surface area contributed by atoms with Crippen LogP contribution in [0, 0.1) is 6.92 Å². The normalized spacial score (nSPS) is 10.6. The van der Waals surface area contributed by atoms with Crippen molar-refractivity contribution >= 4 is 21.7 Å². The van der Waals surface area contributed by atoms with Gasteiger partial charge in [0.2, 0.25) is 5.43 Å². The fourth-order valence-electron chi connectivity index (χ4n) is 0.964. The molecule has 2 rings (SSSR count). The van der Waals surface area contributed by atoms with Crippen LogP contribution in [0.15, 0.2) is 17.1 Å². The van der Waals surface area contributed by atoms with E-state index in [9.17, 15) is 4.79 Å². The number of H-pyrrole nitrogens is 1. The summed E-state index contributed by atoms with van der Waals surface area (Å²) in [5.41, 5.74) is 0.540. The zero-order chi connectivity index (χ0) is 7.84. The van der Waals surface area contributed by atoms with E-state index >= 15 is 0 Å². The molecule has 0 atom stereocenters. The first-order valence-electron chi connectivity index (χ1n) is 3.22. The first-order valence-corrected chi connectivity index (χ1v) is 4.04. The van der Waals surface area contributed by atoms with Crippen molar-refractivity contribution in [3.63, 3.8) is 0 Å². The van der Waals surface area contributed by atoms with Gasteiger partial charge in [0.05, 0.1) is 5.01 Å². The Labute approximate surface area is 66.7 Å². The van der Waals surface area contributed by atoms with E-state index in [-0.39, 0.29) is 5.43 Å². The maximum absolute atomic E-state index is 11.1. The molecule has 2 aromatic heterocycles. The minimum absolute atomic E-state index is 0.0110. The fourth-order valence-corrected chi connectivity index (χ4v) is 1.77. The zero-order valence-electron chi connectivity index (χ0n) is 5.92. The van der Waals surface area contributed by atoms with E-state index in [0.717, 1.165) is 9.84 Å². The number of fused-ring (bicyclic) bond motifs is 1. The highest BCUT2D eigenvalue weighted by Gasteiger charge is 2.01. The van der Waals surface area contributed by atoms with Crippen LogP contribution in [0.25, 0.3) is 10.3 Å². The highest BCUT2D eigenvalue weighted by Crippen LogP contribution is 2.14. The number of aromatic nitrogens is 2. The summed E-state index contributed by atoms with van der Waals surface area (Å²) in [5.74, 6) is 0. The molecule has 2 heterocycles. The maximum atomic E-state index is 11.1. The number of thiazole rings is 1. The van der Waals surface area contributed by atoms with Gasteiger partial charge < -0.3 is 4.98 Å². The average Bonchev–Trinajstić information content (AvgIpc) is 2.31. The molecule has 2 aromatic rings. The maximum Gasteiger partial charge on any atom is 0.208 e. The van der Waals surface area contributed by atoms with Crippen LogP contribution in [0.1, 0.15) is 5.01 Å². The number of hydrogen-bond donors (Lipinski definition) is 1. The molecule has 3 nitrogen and oxygen atoms in total. The Kier molecular flexibility index (Phi) is 1.29. The van der Waals surface area contributed by atoms with E-state index in [1.54, 1.807) is 6.20 Å². The number of nitrogens with zero attached hydrogens (tertiary/aromatic N) is 1. The van der Waals surface area contributed by atoms with Crippen molar-refractivity contribution in [3.8, 4) is 0 Å². The molecule has 0 amide bonds. The second kappa shape index (κ2) is 2.17. The third-order valence-electron chi connectivity index (χ3n) is 1.42. The number of pyridine rings is 1. The Hall–Kier alpha value is -1.16. The Morgan fingerprint density at radius 2 is 2.45 bits per heavy atom. The standard InChI is InChI=1S/C7H6N2OS/c1-4-9-6-5(10)2-3-8-7(6)11-4/h2-3H,1H3,(H,8,10). The SMILES string of the molecule is Cc1nc2c(=O)cc[nH]c2s1. The molecule has 56 valence electrons. The van der Waals surface area contributed by atoms with Crippen LogP contribution in [0.4, 0.5) is 0 Å². The van der Waals surface area contributed by atoms with E-state index < -0.39 is 0 Å². The van der Waals surface area contributed by atoms with E-state index in [4.69, 9.17) is 0 Å². The molecular formula is C7H6N2OS. The average molecular weight is 166 g/mol. The van der Waals surface area contributed by atoms with Crippen molar-refractivity contribution in [2.24, 2.45) is 0 Å². The van der Waals surface area contributed by atoms with Crippen molar-refractivity contribution in [2.75, 3.05) is 0 Å². The van der Waals surface area contributed by atoms with Crippen LogP contribution in [-0.4, -0.2) is 9.97 Å². The summed E-state index contributed by atoms with van der Waals surface area (Å²) in [6, 6.07) is 1.49. The summed E-state index contributed by atoms with van der Waals surface area (Å²) in [4.78, 5) is 19.0. The molecule has 0 aromatic carbocycles. The predicted molar refractivity (Wildman–Crippen MR) is 45.0 cm³/mol. The van der Waals surface area contributed by atoms with Crippen LogP contribution in [0.2, 0.25) is 0 Å². The second-order valence-corrected chi connectivity index (χ2v) is 3.46. The lowest BCUT2D eigenvalue weighted by atomic mass is 10.4. The molecular weight excluding hydrogens is 160 g/mol. The van der Waals surface area contributed by atoms with Gasteiger partial charge in [-0.1, -0.05) is 0 Å². The molecule has 0 spiro atoms. The molecule has 1 N–H and O–H groups in total. The first-order chi connectivity index (χ1) is 5.27. The van der Waals surface area contributed by atoms with Crippen LogP contribution < -0.4 is 5.43 Å². The third kappa shape index (κ3) is 0.952. The lowest BCUT2D eigenvalue weighted by Gasteiger charge is -1.82. The second-order valence-electron chi connectivity index (χ2n) is 2.25. The van der Waals surface area contributed by atoms with Gasteiger partial charge in [0.25, 0.3) is 0 Å². The smallest absolute Gasteiger partial charge is 0.208 e. The predicted octanol–water partition coefficient (Wildman–Crippen LogP) is 1.29. The van der Waals surface area contributed by atoms with Crippen LogP contribution in [0.5, 0.6) is 0 Å². The number of hydrogen-bond acceptors (Lipinski definition) is 3. The molecule has 4 heteroatoms. The summed E-state index contributed by atoms with van der Waals surface area (Å²) >= 11 is 1.50. The largest absolute Gasteiger partial charge is 0.351 e. The van der Waals surface area contributed by atoms with Gasteiger partial charge >= 0.3 is 0 Å². The number of nitrogens with one attached hydrogen (secondary N) is 1. The van der Waals surface area contributed by atoms with Crippen molar-refractivity contribution in [2.45, 2.75) is 6.92 Å². The molecule has 0 saturated carbocycles.